The molecule has 0 saturated heterocycles. The lowest BCUT2D eigenvalue weighted by Crippen LogP contribution is -2.03. The largest absolute Gasteiger partial charge is 0.291 e. The molecule has 0 unspecified atom stereocenters. The van der Waals surface area contributed by atoms with Crippen LogP contribution in [0.5, 0.6) is 0 Å². The van der Waals surface area contributed by atoms with Crippen molar-refractivity contribution in [3.05, 3.63) is 174 Å². The Labute approximate surface area is 306 Å². The van der Waals surface area contributed by atoms with E-state index in [1.54, 1.807) is 0 Å². The molecule has 10 aromatic rings. The van der Waals surface area contributed by atoms with Gasteiger partial charge in [-0.25, -0.2) is 4.98 Å². The number of aromatic nitrogens is 3. The van der Waals surface area contributed by atoms with E-state index in [1.807, 2.05) is 18.3 Å². The Balaban J connectivity index is 1.19. The predicted molar refractivity (Wildman–Crippen MR) is 220 cm³/mol. The fraction of sp³-hybridized carbons (Fsp3) is 0.0800. The molecule has 248 valence electrons. The number of imidazole rings is 1. The maximum absolute atomic E-state index is 5.19. The molecule has 2 aliphatic rings. The second-order valence-electron chi connectivity index (χ2n) is 14.8. The second-order valence-corrected chi connectivity index (χ2v) is 14.8. The maximum atomic E-state index is 5.19. The smallest absolute Gasteiger partial charge is 0.164 e. The summed E-state index contributed by atoms with van der Waals surface area (Å²) < 4.78 is 2.31. The Hall–Kier alpha value is -6.58. The molecule has 0 N–H and O–H groups in total. The Morgan fingerprint density at radius 3 is 1.64 bits per heavy atom. The van der Waals surface area contributed by atoms with Gasteiger partial charge in [-0.05, 0) is 156 Å². The van der Waals surface area contributed by atoms with Crippen LogP contribution in [0.15, 0.2) is 152 Å². The third kappa shape index (κ3) is 4.22. The van der Waals surface area contributed by atoms with Crippen molar-refractivity contribution in [2.75, 3.05) is 0 Å². The Morgan fingerprint density at radius 1 is 0.453 bits per heavy atom. The van der Waals surface area contributed by atoms with Crippen LogP contribution >= 0.6 is 0 Å². The van der Waals surface area contributed by atoms with Crippen molar-refractivity contribution in [1.82, 2.24) is 14.5 Å². The number of hydrogen-bond donors (Lipinski definition) is 0. The van der Waals surface area contributed by atoms with E-state index in [2.05, 4.69) is 138 Å². The summed E-state index contributed by atoms with van der Waals surface area (Å²) in [7, 11) is 0. The average molecular weight is 676 g/mol. The lowest BCUT2D eigenvalue weighted by Gasteiger charge is -2.22. The summed E-state index contributed by atoms with van der Waals surface area (Å²) in [5, 5.41) is 10.9. The van der Waals surface area contributed by atoms with Gasteiger partial charge in [-0.1, -0.05) is 103 Å². The first kappa shape index (κ1) is 29.0. The van der Waals surface area contributed by atoms with Gasteiger partial charge in [0.25, 0.3) is 0 Å². The van der Waals surface area contributed by atoms with E-state index in [9.17, 15) is 0 Å². The molecule has 0 fully saturated rings. The molecule has 0 atom stereocenters. The fourth-order valence-corrected chi connectivity index (χ4v) is 9.62. The standard InChI is InChI=1S/C50H33N3/c1-2-13-45-43(11-1)52-50(44-12-3-4-26-51-44)53(45)38-28-36(39-22-18-34-16-14-30-7-5-9-32-20-24-41(39)48(34)46(30)32)27-37(29-38)40-23-19-35-17-15-31-8-6-10-33-21-25-42(40)49(35)47(31)33/h1-13,18-29H,14-17H2. The highest BCUT2D eigenvalue weighted by atomic mass is 15.1. The van der Waals surface area contributed by atoms with E-state index in [-0.39, 0.29) is 0 Å². The summed E-state index contributed by atoms with van der Waals surface area (Å²) in [4.78, 5) is 9.99. The summed E-state index contributed by atoms with van der Waals surface area (Å²) >= 11 is 0. The van der Waals surface area contributed by atoms with Crippen molar-refractivity contribution < 1.29 is 0 Å². The maximum Gasteiger partial charge on any atom is 0.164 e. The zero-order valence-electron chi connectivity index (χ0n) is 29.1. The Morgan fingerprint density at radius 2 is 1.04 bits per heavy atom. The van der Waals surface area contributed by atoms with Gasteiger partial charge in [-0.15, -0.1) is 0 Å². The molecular formula is C50H33N3. The van der Waals surface area contributed by atoms with Crippen LogP contribution in [0.2, 0.25) is 0 Å². The minimum Gasteiger partial charge on any atom is -0.291 e. The number of para-hydroxylation sites is 2. The number of rotatable bonds is 4. The molecule has 8 aromatic carbocycles. The Bertz CT molecular complexity index is 3020. The number of nitrogens with zero attached hydrogens (tertiary/aromatic N) is 3. The minimum atomic E-state index is 0.838. The van der Waals surface area contributed by atoms with Gasteiger partial charge in [0, 0.05) is 11.9 Å². The van der Waals surface area contributed by atoms with Crippen LogP contribution in [0.25, 0.3) is 93.6 Å². The third-order valence-corrected chi connectivity index (χ3v) is 12.0. The summed E-state index contributed by atoms with van der Waals surface area (Å²) in [6.07, 6.45) is 6.17. The number of hydrogen-bond acceptors (Lipinski definition) is 2. The lowest BCUT2D eigenvalue weighted by molar-refractivity contribution is 0.968. The monoisotopic (exact) mass is 675 g/mol. The van der Waals surface area contributed by atoms with Gasteiger partial charge in [-0.2, -0.15) is 0 Å². The SMILES string of the molecule is c1ccc(-c2nc3ccccc3n2-c2cc(-c3ccc4c5c3ccc3cccc(c35)CC4)cc(-c3ccc4c5c3ccc3cccc(c35)CC4)c2)nc1. The van der Waals surface area contributed by atoms with Crippen LogP contribution < -0.4 is 0 Å². The molecule has 0 radical (unpaired) electrons. The molecule has 2 aliphatic carbocycles. The summed E-state index contributed by atoms with van der Waals surface area (Å²) in [5.74, 6) is 0.838. The first-order chi connectivity index (χ1) is 26.3. The molecule has 0 aliphatic heterocycles. The quantitative estimate of drug-likeness (QED) is 0.174. The van der Waals surface area contributed by atoms with Crippen molar-refractivity contribution in [2.24, 2.45) is 0 Å². The van der Waals surface area contributed by atoms with Crippen LogP contribution in [0.3, 0.4) is 0 Å². The van der Waals surface area contributed by atoms with Crippen molar-refractivity contribution >= 4 is 54.1 Å². The van der Waals surface area contributed by atoms with Crippen molar-refractivity contribution in [3.63, 3.8) is 0 Å². The third-order valence-electron chi connectivity index (χ3n) is 12.0. The van der Waals surface area contributed by atoms with E-state index in [0.717, 1.165) is 53.9 Å². The van der Waals surface area contributed by atoms with E-state index >= 15 is 0 Å². The highest BCUT2D eigenvalue weighted by Gasteiger charge is 2.22. The van der Waals surface area contributed by atoms with Crippen LogP contribution in [0, 0.1) is 0 Å². The van der Waals surface area contributed by atoms with Gasteiger partial charge in [0.1, 0.15) is 5.69 Å². The number of aryl methyl sites for hydroxylation is 4. The predicted octanol–water partition coefficient (Wildman–Crippen LogP) is 12.2. The minimum absolute atomic E-state index is 0.838. The molecule has 0 amide bonds. The molecule has 0 saturated carbocycles. The van der Waals surface area contributed by atoms with E-state index in [0.29, 0.717) is 0 Å². The molecule has 2 aromatic heterocycles. The summed E-state index contributed by atoms with van der Waals surface area (Å²) in [5.41, 5.74) is 14.6. The zero-order valence-corrected chi connectivity index (χ0v) is 29.1. The van der Waals surface area contributed by atoms with Gasteiger partial charge in [0.15, 0.2) is 5.82 Å². The molecule has 0 bridgehead atoms. The average Bonchev–Trinajstić information content (AvgIpc) is 3.62. The van der Waals surface area contributed by atoms with Crippen molar-refractivity contribution in [1.29, 1.82) is 0 Å². The number of pyridine rings is 1. The zero-order chi connectivity index (χ0) is 34.6. The topological polar surface area (TPSA) is 30.7 Å². The van der Waals surface area contributed by atoms with Gasteiger partial charge >= 0.3 is 0 Å². The summed E-state index contributed by atoms with van der Waals surface area (Å²) in [6.45, 7) is 0. The van der Waals surface area contributed by atoms with Crippen molar-refractivity contribution in [2.45, 2.75) is 25.7 Å². The van der Waals surface area contributed by atoms with Gasteiger partial charge in [0.2, 0.25) is 0 Å². The molecular weight excluding hydrogens is 643 g/mol. The summed E-state index contributed by atoms with van der Waals surface area (Å²) in [6, 6.07) is 54.1. The van der Waals surface area contributed by atoms with E-state index < -0.39 is 0 Å². The number of fused-ring (bicyclic) bond motifs is 1. The lowest BCUT2D eigenvalue weighted by atomic mass is 9.82. The molecule has 53 heavy (non-hydrogen) atoms. The first-order valence-electron chi connectivity index (χ1n) is 18.7. The van der Waals surface area contributed by atoms with E-state index in [1.165, 1.54) is 87.6 Å². The van der Waals surface area contributed by atoms with Crippen molar-refractivity contribution in [3.8, 4) is 39.5 Å². The van der Waals surface area contributed by atoms with Gasteiger partial charge < -0.3 is 0 Å². The first-order valence-corrected chi connectivity index (χ1v) is 18.7. The van der Waals surface area contributed by atoms with Crippen LogP contribution in [0.1, 0.15) is 22.3 Å². The van der Waals surface area contributed by atoms with Crippen LogP contribution in [0.4, 0.5) is 0 Å². The van der Waals surface area contributed by atoms with E-state index in [4.69, 9.17) is 9.97 Å². The normalized spacial score (nSPS) is 13.4. The van der Waals surface area contributed by atoms with Crippen LogP contribution in [-0.4, -0.2) is 14.5 Å². The molecule has 0 spiro atoms. The fourth-order valence-electron chi connectivity index (χ4n) is 9.62. The molecule has 3 heteroatoms. The second kappa shape index (κ2) is 11.0. The highest BCUT2D eigenvalue weighted by molar-refractivity contribution is 6.17. The highest BCUT2D eigenvalue weighted by Crippen LogP contribution is 2.44. The molecule has 3 nitrogen and oxygen atoms in total. The van der Waals surface area contributed by atoms with Crippen LogP contribution in [-0.2, 0) is 25.7 Å². The molecule has 12 rings (SSSR count). The van der Waals surface area contributed by atoms with Gasteiger partial charge in [-0.3, -0.25) is 9.55 Å². The van der Waals surface area contributed by atoms with Gasteiger partial charge in [0.05, 0.1) is 11.0 Å². The molecule has 2 heterocycles. The Kier molecular flexibility index (Phi) is 6.01. The number of benzene rings is 8.